The van der Waals surface area contributed by atoms with Crippen LogP contribution >= 0.6 is 0 Å². The molecule has 0 spiro atoms. The van der Waals surface area contributed by atoms with Gasteiger partial charge in [-0.15, -0.1) is 0 Å². The Morgan fingerprint density at radius 3 is 2.75 bits per heavy atom. The molecule has 12 heavy (non-hydrogen) atoms. The molecule has 0 aliphatic heterocycles. The molecule has 0 saturated heterocycles. The van der Waals surface area contributed by atoms with Crippen LogP contribution in [0.25, 0.3) is 0 Å². The predicted molar refractivity (Wildman–Crippen MR) is 51.0 cm³/mol. The molecular weight excluding hydrogens is 150 g/mol. The third-order valence-electron chi connectivity index (χ3n) is 2.02. The van der Waals surface area contributed by atoms with Gasteiger partial charge in [-0.25, -0.2) is 0 Å². The molecule has 1 aliphatic rings. The second-order valence-corrected chi connectivity index (χ2v) is 3.35. The molecule has 0 amide bonds. The van der Waals surface area contributed by atoms with E-state index >= 15 is 0 Å². The van der Waals surface area contributed by atoms with Crippen LogP contribution in [-0.2, 0) is 4.74 Å². The fourth-order valence-electron chi connectivity index (χ4n) is 1.23. The molecule has 0 N–H and O–H groups in total. The van der Waals surface area contributed by atoms with Crippen molar-refractivity contribution in [3.63, 3.8) is 0 Å². The Bertz CT molecular complexity index is 204. The summed E-state index contributed by atoms with van der Waals surface area (Å²) in [7, 11) is 5.92. The zero-order valence-corrected chi connectivity index (χ0v) is 8.13. The smallest absolute Gasteiger partial charge is 0.0995 e. The summed E-state index contributed by atoms with van der Waals surface area (Å²) in [5.74, 6) is 1.09. The molecule has 0 aromatic carbocycles. The highest BCUT2D eigenvalue weighted by molar-refractivity contribution is 5.29. The Morgan fingerprint density at radius 1 is 1.50 bits per heavy atom. The highest BCUT2D eigenvalue weighted by atomic mass is 16.5. The van der Waals surface area contributed by atoms with Gasteiger partial charge in [-0.1, -0.05) is 6.08 Å². The van der Waals surface area contributed by atoms with E-state index in [1.165, 1.54) is 5.57 Å². The number of hydrogen-bond acceptors (Lipinski definition) is 2. The maximum Gasteiger partial charge on any atom is 0.0995 e. The van der Waals surface area contributed by atoms with Crippen LogP contribution < -0.4 is 0 Å². The first-order valence-electron chi connectivity index (χ1n) is 4.30. The van der Waals surface area contributed by atoms with Gasteiger partial charge in [0.25, 0.3) is 0 Å². The van der Waals surface area contributed by atoms with Crippen molar-refractivity contribution < 1.29 is 4.74 Å². The monoisotopic (exact) mass is 167 g/mol. The van der Waals surface area contributed by atoms with Crippen molar-refractivity contribution in [3.8, 4) is 0 Å². The van der Waals surface area contributed by atoms with Crippen LogP contribution in [0.1, 0.15) is 12.8 Å². The molecule has 0 heterocycles. The second kappa shape index (κ2) is 4.31. The Kier molecular flexibility index (Phi) is 3.35. The molecular formula is C10H17NO. The zero-order chi connectivity index (χ0) is 8.97. The van der Waals surface area contributed by atoms with Crippen LogP contribution in [-0.4, -0.2) is 32.6 Å². The van der Waals surface area contributed by atoms with Gasteiger partial charge in [-0.2, -0.15) is 0 Å². The SMILES string of the molecule is COC1=CC(CCN(C)C)=CC1. The van der Waals surface area contributed by atoms with Crippen LogP contribution in [0.3, 0.4) is 0 Å². The van der Waals surface area contributed by atoms with Crippen molar-refractivity contribution in [2.24, 2.45) is 0 Å². The van der Waals surface area contributed by atoms with E-state index in [0.717, 1.165) is 25.1 Å². The summed E-state index contributed by atoms with van der Waals surface area (Å²) in [5.41, 5.74) is 1.40. The lowest BCUT2D eigenvalue weighted by molar-refractivity contribution is 0.287. The highest BCUT2D eigenvalue weighted by Gasteiger charge is 2.05. The zero-order valence-electron chi connectivity index (χ0n) is 8.13. The number of methoxy groups -OCH3 is 1. The Hall–Kier alpha value is -0.760. The van der Waals surface area contributed by atoms with E-state index in [1.54, 1.807) is 7.11 Å². The largest absolute Gasteiger partial charge is 0.501 e. The predicted octanol–water partition coefficient (Wildman–Crippen LogP) is 1.80. The van der Waals surface area contributed by atoms with Crippen LogP contribution in [0.4, 0.5) is 0 Å². The minimum atomic E-state index is 0.971. The Labute approximate surface area is 74.5 Å². The lowest BCUT2D eigenvalue weighted by atomic mass is 10.2. The van der Waals surface area contributed by atoms with Crippen LogP contribution in [0, 0.1) is 0 Å². The van der Waals surface area contributed by atoms with Crippen molar-refractivity contribution in [3.05, 3.63) is 23.5 Å². The number of rotatable bonds is 4. The average Bonchev–Trinajstić information content (AvgIpc) is 2.48. The maximum atomic E-state index is 5.14. The fourth-order valence-corrected chi connectivity index (χ4v) is 1.23. The van der Waals surface area contributed by atoms with Crippen molar-refractivity contribution in [1.82, 2.24) is 4.90 Å². The molecule has 0 unspecified atom stereocenters. The van der Waals surface area contributed by atoms with Crippen molar-refractivity contribution in [2.45, 2.75) is 12.8 Å². The standard InChI is InChI=1S/C10H17NO/c1-11(2)7-6-9-4-5-10(8-9)12-3/h4,8H,5-7H2,1-3H3. The summed E-state index contributed by atoms with van der Waals surface area (Å²) >= 11 is 0. The lowest BCUT2D eigenvalue weighted by Gasteiger charge is -2.08. The van der Waals surface area contributed by atoms with E-state index in [4.69, 9.17) is 4.74 Å². The van der Waals surface area contributed by atoms with E-state index < -0.39 is 0 Å². The molecule has 0 fully saturated rings. The molecule has 0 bridgehead atoms. The van der Waals surface area contributed by atoms with Gasteiger partial charge >= 0.3 is 0 Å². The van der Waals surface area contributed by atoms with Gasteiger partial charge in [-0.05, 0) is 32.2 Å². The number of allylic oxidation sites excluding steroid dienone is 2. The van der Waals surface area contributed by atoms with Gasteiger partial charge in [0.05, 0.1) is 12.9 Å². The molecule has 1 rings (SSSR count). The van der Waals surface area contributed by atoms with Gasteiger partial charge in [0.1, 0.15) is 0 Å². The molecule has 0 aromatic heterocycles. The highest BCUT2D eigenvalue weighted by Crippen LogP contribution is 2.19. The van der Waals surface area contributed by atoms with Gasteiger partial charge in [-0.3, -0.25) is 0 Å². The summed E-state index contributed by atoms with van der Waals surface area (Å²) in [6.07, 6.45) is 6.48. The molecule has 68 valence electrons. The molecule has 2 nitrogen and oxygen atoms in total. The minimum Gasteiger partial charge on any atom is -0.501 e. The number of ether oxygens (including phenoxy) is 1. The third-order valence-corrected chi connectivity index (χ3v) is 2.02. The van der Waals surface area contributed by atoms with Crippen molar-refractivity contribution in [2.75, 3.05) is 27.7 Å². The summed E-state index contributed by atoms with van der Waals surface area (Å²) in [5, 5.41) is 0. The summed E-state index contributed by atoms with van der Waals surface area (Å²) in [6.45, 7) is 1.11. The molecule has 0 aromatic rings. The minimum absolute atomic E-state index is 0.971. The van der Waals surface area contributed by atoms with E-state index in [1.807, 2.05) is 0 Å². The molecule has 2 heteroatoms. The summed E-state index contributed by atoms with van der Waals surface area (Å²) < 4.78 is 5.14. The first-order chi connectivity index (χ1) is 5.72. The first-order valence-corrected chi connectivity index (χ1v) is 4.30. The topological polar surface area (TPSA) is 12.5 Å². The summed E-state index contributed by atoms with van der Waals surface area (Å²) in [4.78, 5) is 2.19. The maximum absolute atomic E-state index is 5.14. The average molecular weight is 167 g/mol. The van der Waals surface area contributed by atoms with Gasteiger partial charge < -0.3 is 9.64 Å². The quantitative estimate of drug-likeness (QED) is 0.633. The van der Waals surface area contributed by atoms with Gasteiger partial charge in [0, 0.05) is 13.0 Å². The van der Waals surface area contributed by atoms with Crippen LogP contribution in [0.2, 0.25) is 0 Å². The Morgan fingerprint density at radius 2 is 2.25 bits per heavy atom. The molecule has 0 atom stereocenters. The fraction of sp³-hybridized carbons (Fsp3) is 0.600. The molecule has 0 radical (unpaired) electrons. The molecule has 0 saturated carbocycles. The third kappa shape index (κ3) is 2.70. The normalized spacial score (nSPS) is 16.3. The van der Waals surface area contributed by atoms with E-state index in [-0.39, 0.29) is 0 Å². The van der Waals surface area contributed by atoms with E-state index in [9.17, 15) is 0 Å². The number of nitrogens with zero attached hydrogens (tertiary/aromatic N) is 1. The van der Waals surface area contributed by atoms with Crippen LogP contribution in [0.5, 0.6) is 0 Å². The lowest BCUT2D eigenvalue weighted by Crippen LogP contribution is -2.12. The van der Waals surface area contributed by atoms with Crippen LogP contribution in [0.15, 0.2) is 23.5 Å². The Balaban J connectivity index is 2.31. The van der Waals surface area contributed by atoms with E-state index in [0.29, 0.717) is 0 Å². The van der Waals surface area contributed by atoms with Gasteiger partial charge in [0.15, 0.2) is 0 Å². The second-order valence-electron chi connectivity index (χ2n) is 3.35. The van der Waals surface area contributed by atoms with Crippen molar-refractivity contribution >= 4 is 0 Å². The first kappa shape index (κ1) is 9.33. The van der Waals surface area contributed by atoms with Crippen molar-refractivity contribution in [1.29, 1.82) is 0 Å². The number of hydrogen-bond donors (Lipinski definition) is 0. The summed E-state index contributed by atoms with van der Waals surface area (Å²) in [6, 6.07) is 0. The van der Waals surface area contributed by atoms with E-state index in [2.05, 4.69) is 31.1 Å². The van der Waals surface area contributed by atoms with Gasteiger partial charge in [0.2, 0.25) is 0 Å². The molecule has 1 aliphatic carbocycles.